The number of allylic oxidation sites excluding steroid dienone is 1. The maximum Gasteiger partial charge on any atom is 0.165 e. The zero-order chi connectivity index (χ0) is 21.5. The molecule has 3 rings (SSSR count). The third kappa shape index (κ3) is 4.77. The Labute approximate surface area is 171 Å². The molecule has 6 nitrogen and oxygen atoms in total. The van der Waals surface area contributed by atoms with Crippen LogP contribution in [0.3, 0.4) is 0 Å². The van der Waals surface area contributed by atoms with Crippen LogP contribution in [0.1, 0.15) is 11.1 Å². The highest BCUT2D eigenvalue weighted by molar-refractivity contribution is 5.84. The van der Waals surface area contributed by atoms with Crippen molar-refractivity contribution in [3.63, 3.8) is 0 Å². The number of hydrogen-bond donors (Lipinski definition) is 2. The van der Waals surface area contributed by atoms with Crippen LogP contribution in [0.2, 0.25) is 0 Å². The van der Waals surface area contributed by atoms with Gasteiger partial charge in [0.2, 0.25) is 0 Å². The summed E-state index contributed by atoms with van der Waals surface area (Å²) in [6.45, 7) is 0. The molecule has 3 aromatic rings. The summed E-state index contributed by atoms with van der Waals surface area (Å²) in [5, 5.41) is 21.8. The van der Waals surface area contributed by atoms with Crippen molar-refractivity contribution in [2.75, 3.05) is 12.4 Å². The fourth-order valence-electron chi connectivity index (χ4n) is 2.52. The first-order chi connectivity index (χ1) is 14.5. The van der Waals surface area contributed by atoms with E-state index in [2.05, 4.69) is 15.3 Å². The molecular formula is C22H16F2N4O2. The fourth-order valence-corrected chi connectivity index (χ4v) is 2.52. The van der Waals surface area contributed by atoms with Crippen LogP contribution < -0.4 is 10.1 Å². The molecule has 0 fully saturated rings. The van der Waals surface area contributed by atoms with Crippen molar-refractivity contribution in [2.45, 2.75) is 0 Å². The highest BCUT2D eigenvalue weighted by Crippen LogP contribution is 2.31. The number of methoxy groups -OCH3 is 1. The summed E-state index contributed by atoms with van der Waals surface area (Å²) >= 11 is 0. The van der Waals surface area contributed by atoms with Crippen molar-refractivity contribution in [1.82, 2.24) is 4.98 Å². The van der Waals surface area contributed by atoms with Crippen molar-refractivity contribution < 1.29 is 18.6 Å². The number of pyridine rings is 1. The van der Waals surface area contributed by atoms with E-state index >= 15 is 0 Å². The van der Waals surface area contributed by atoms with E-state index in [-0.39, 0.29) is 17.1 Å². The van der Waals surface area contributed by atoms with Crippen molar-refractivity contribution >= 4 is 29.5 Å². The molecule has 150 valence electrons. The van der Waals surface area contributed by atoms with Gasteiger partial charge in [0.1, 0.15) is 11.9 Å². The van der Waals surface area contributed by atoms with Gasteiger partial charge in [-0.3, -0.25) is 4.99 Å². The lowest BCUT2D eigenvalue weighted by atomic mass is 10.1. The number of phenolic OH excluding ortho intramolecular Hbond substituents is 1. The lowest BCUT2D eigenvalue weighted by Crippen LogP contribution is -1.96. The van der Waals surface area contributed by atoms with Gasteiger partial charge >= 0.3 is 0 Å². The van der Waals surface area contributed by atoms with E-state index in [1.54, 1.807) is 42.5 Å². The summed E-state index contributed by atoms with van der Waals surface area (Å²) in [6, 6.07) is 12.0. The van der Waals surface area contributed by atoms with E-state index in [0.29, 0.717) is 22.7 Å². The Bertz CT molecular complexity index is 1150. The average molecular weight is 406 g/mol. The van der Waals surface area contributed by atoms with Crippen molar-refractivity contribution in [3.05, 3.63) is 77.5 Å². The Morgan fingerprint density at radius 3 is 2.70 bits per heavy atom. The lowest BCUT2D eigenvalue weighted by molar-refractivity contribution is 0.373. The van der Waals surface area contributed by atoms with Gasteiger partial charge in [0.05, 0.1) is 24.0 Å². The van der Waals surface area contributed by atoms with Gasteiger partial charge in [-0.25, -0.2) is 13.8 Å². The number of hydrogen-bond acceptors (Lipinski definition) is 6. The average Bonchev–Trinajstić information content (AvgIpc) is 2.76. The van der Waals surface area contributed by atoms with Crippen LogP contribution in [-0.4, -0.2) is 23.4 Å². The van der Waals surface area contributed by atoms with Crippen LogP contribution in [0.15, 0.2) is 59.7 Å². The summed E-state index contributed by atoms with van der Waals surface area (Å²) in [7, 11) is 1.45. The fraction of sp³-hybridized carbons (Fsp3) is 0.0455. The molecule has 0 saturated carbocycles. The summed E-state index contributed by atoms with van der Waals surface area (Å²) in [5.41, 5.74) is 1.21. The van der Waals surface area contributed by atoms with E-state index < -0.39 is 11.6 Å². The van der Waals surface area contributed by atoms with Crippen LogP contribution >= 0.6 is 0 Å². The van der Waals surface area contributed by atoms with Gasteiger partial charge in [0.25, 0.3) is 0 Å². The molecule has 0 unspecified atom stereocenters. The Balaban J connectivity index is 1.84. The van der Waals surface area contributed by atoms with Crippen LogP contribution in [0.5, 0.6) is 11.5 Å². The highest BCUT2D eigenvalue weighted by Gasteiger charge is 2.10. The Kier molecular flexibility index (Phi) is 6.35. The van der Waals surface area contributed by atoms with Gasteiger partial charge < -0.3 is 15.2 Å². The number of anilines is 2. The number of rotatable bonds is 6. The molecule has 2 N–H and O–H groups in total. The number of halogens is 2. The van der Waals surface area contributed by atoms with Gasteiger partial charge in [-0.15, -0.1) is 0 Å². The summed E-state index contributed by atoms with van der Waals surface area (Å²) in [6.07, 6.45) is 5.87. The monoisotopic (exact) mass is 406 g/mol. The molecule has 0 saturated heterocycles. The molecule has 1 heterocycles. The van der Waals surface area contributed by atoms with Crippen LogP contribution in [-0.2, 0) is 0 Å². The standard InChI is InChI=1S/C22H16F2N4O2/c1-30-20-6-2-4-15(22(20)29)5-3-9-26-18-10-16(23)17(24)11-19(18)28-21-8-7-14(12-25)13-27-21/h2-11,13,29H,1H3,(H,27,28)/b5-3+,26-9?. The van der Waals surface area contributed by atoms with Crippen molar-refractivity contribution in [2.24, 2.45) is 4.99 Å². The number of nitrogens with one attached hydrogen (secondary N) is 1. The quantitative estimate of drug-likeness (QED) is 0.556. The number of aromatic hydroxyl groups is 1. The first-order valence-corrected chi connectivity index (χ1v) is 8.70. The van der Waals surface area contributed by atoms with E-state index in [9.17, 15) is 13.9 Å². The van der Waals surface area contributed by atoms with Gasteiger partial charge in [0, 0.05) is 30.1 Å². The smallest absolute Gasteiger partial charge is 0.165 e. The van der Waals surface area contributed by atoms with Gasteiger partial charge in [-0.2, -0.15) is 5.26 Å². The number of nitriles is 1. The third-order valence-corrected chi connectivity index (χ3v) is 4.02. The number of ether oxygens (including phenoxy) is 1. The largest absolute Gasteiger partial charge is 0.504 e. The lowest BCUT2D eigenvalue weighted by Gasteiger charge is -2.09. The first-order valence-electron chi connectivity index (χ1n) is 8.70. The first kappa shape index (κ1) is 20.5. The number of phenols is 1. The highest BCUT2D eigenvalue weighted by atomic mass is 19.2. The van der Waals surface area contributed by atoms with E-state index in [1.165, 1.54) is 19.5 Å². The summed E-state index contributed by atoms with van der Waals surface area (Å²) < 4.78 is 32.5. The van der Waals surface area contributed by atoms with Crippen molar-refractivity contribution in [1.29, 1.82) is 5.26 Å². The number of aliphatic imine (C=N–C) groups is 1. The number of benzene rings is 2. The molecule has 0 aliphatic carbocycles. The van der Waals surface area contributed by atoms with Gasteiger partial charge in [-0.05, 0) is 30.4 Å². The van der Waals surface area contributed by atoms with Gasteiger partial charge in [-0.1, -0.05) is 12.1 Å². The molecule has 0 bridgehead atoms. The Morgan fingerprint density at radius 1 is 1.20 bits per heavy atom. The van der Waals surface area contributed by atoms with Crippen LogP contribution in [0.4, 0.5) is 26.0 Å². The third-order valence-electron chi connectivity index (χ3n) is 4.02. The molecule has 0 atom stereocenters. The molecule has 0 aliphatic heterocycles. The normalized spacial score (nSPS) is 11.0. The van der Waals surface area contributed by atoms with Crippen LogP contribution in [0.25, 0.3) is 6.08 Å². The van der Waals surface area contributed by atoms with E-state index in [1.807, 2.05) is 6.07 Å². The molecule has 0 radical (unpaired) electrons. The minimum absolute atomic E-state index is 0.0216. The maximum atomic E-state index is 13.7. The molecule has 0 spiro atoms. The summed E-state index contributed by atoms with van der Waals surface area (Å²) in [5.74, 6) is -1.44. The Morgan fingerprint density at radius 2 is 2.00 bits per heavy atom. The predicted molar refractivity (Wildman–Crippen MR) is 110 cm³/mol. The molecule has 0 aliphatic rings. The second-order valence-corrected chi connectivity index (χ2v) is 5.99. The zero-order valence-corrected chi connectivity index (χ0v) is 15.8. The molecule has 8 heteroatoms. The van der Waals surface area contributed by atoms with Crippen LogP contribution in [0, 0.1) is 23.0 Å². The second-order valence-electron chi connectivity index (χ2n) is 5.99. The molecule has 2 aromatic carbocycles. The molecule has 1 aromatic heterocycles. The summed E-state index contributed by atoms with van der Waals surface area (Å²) in [4.78, 5) is 8.20. The Hall–Kier alpha value is -4.25. The molecule has 0 amide bonds. The minimum atomic E-state index is -1.05. The number of aromatic nitrogens is 1. The molecular weight excluding hydrogens is 390 g/mol. The van der Waals surface area contributed by atoms with Gasteiger partial charge in [0.15, 0.2) is 23.1 Å². The second kappa shape index (κ2) is 9.30. The van der Waals surface area contributed by atoms with E-state index in [4.69, 9.17) is 10.00 Å². The van der Waals surface area contributed by atoms with E-state index in [0.717, 1.165) is 12.1 Å². The number of nitrogens with zero attached hydrogens (tertiary/aromatic N) is 3. The zero-order valence-electron chi connectivity index (χ0n) is 15.8. The maximum absolute atomic E-state index is 13.7. The minimum Gasteiger partial charge on any atom is -0.504 e. The number of para-hydroxylation sites is 1. The SMILES string of the molecule is COc1cccc(/C=C/C=Nc2cc(F)c(F)cc2Nc2ccc(C#N)cn2)c1O. The molecule has 30 heavy (non-hydrogen) atoms. The topological polar surface area (TPSA) is 90.5 Å². The predicted octanol–water partition coefficient (Wildman–Crippen LogP) is 5.10. The van der Waals surface area contributed by atoms with Crippen molar-refractivity contribution in [3.8, 4) is 17.6 Å².